The number of anilines is 1. The number of aromatic carboxylic acids is 1. The molecule has 1 aromatic heterocycles. The number of carboxylic acid groups (broad SMARTS) is 1. The second kappa shape index (κ2) is 6.27. The smallest absolute Gasteiger partial charge is 0.335 e. The summed E-state index contributed by atoms with van der Waals surface area (Å²) in [5.74, 6) is -1.08. The predicted molar refractivity (Wildman–Crippen MR) is 77.6 cm³/mol. The lowest BCUT2D eigenvalue weighted by molar-refractivity contribution is 0.0697. The molecule has 21 heavy (non-hydrogen) atoms. The van der Waals surface area contributed by atoms with Crippen molar-refractivity contribution in [3.63, 3.8) is 0 Å². The molecule has 1 unspecified atom stereocenters. The zero-order valence-corrected chi connectivity index (χ0v) is 11.8. The molecule has 0 aliphatic rings. The number of carbonyl (C=O) groups excluding carboxylic acids is 1. The van der Waals surface area contributed by atoms with E-state index in [-0.39, 0.29) is 16.6 Å². The van der Waals surface area contributed by atoms with Crippen molar-refractivity contribution in [2.75, 3.05) is 5.32 Å². The number of hydrogen-bond donors (Lipinski definition) is 4. The van der Waals surface area contributed by atoms with Crippen molar-refractivity contribution >= 4 is 29.3 Å². The maximum Gasteiger partial charge on any atom is 0.335 e. The van der Waals surface area contributed by atoms with E-state index in [0.717, 1.165) is 5.56 Å². The number of aromatic nitrogens is 2. The van der Waals surface area contributed by atoms with Crippen LogP contribution in [-0.2, 0) is 0 Å². The van der Waals surface area contributed by atoms with Gasteiger partial charge in [-0.15, -0.1) is 0 Å². The van der Waals surface area contributed by atoms with Crippen LogP contribution in [0, 0.1) is 0 Å². The molecule has 0 spiro atoms. The molecule has 2 rings (SSSR count). The van der Waals surface area contributed by atoms with Crippen molar-refractivity contribution in [1.82, 2.24) is 15.5 Å². The fourth-order valence-corrected chi connectivity index (χ4v) is 1.91. The summed E-state index contributed by atoms with van der Waals surface area (Å²) in [6.45, 7) is 1.81. The van der Waals surface area contributed by atoms with Crippen LogP contribution in [0.5, 0.6) is 0 Å². The predicted octanol–water partition coefficient (Wildman–Crippen LogP) is 2.64. The molecule has 0 aliphatic carbocycles. The van der Waals surface area contributed by atoms with Crippen LogP contribution in [-0.4, -0.2) is 27.3 Å². The van der Waals surface area contributed by atoms with E-state index in [0.29, 0.717) is 5.69 Å². The number of carbonyl (C=O) groups is 2. The number of amides is 2. The number of benzene rings is 1. The maximum absolute atomic E-state index is 11.9. The van der Waals surface area contributed by atoms with Crippen LogP contribution >= 0.6 is 11.6 Å². The molecule has 1 heterocycles. The lowest BCUT2D eigenvalue weighted by atomic mass is 10.2. The second-order valence-electron chi connectivity index (χ2n) is 4.35. The van der Waals surface area contributed by atoms with Gasteiger partial charge in [0.2, 0.25) is 0 Å². The van der Waals surface area contributed by atoms with Gasteiger partial charge in [0.15, 0.2) is 0 Å². The van der Waals surface area contributed by atoms with Gasteiger partial charge in [-0.25, -0.2) is 9.59 Å². The fourth-order valence-electron chi connectivity index (χ4n) is 1.69. The number of nitrogens with one attached hydrogen (secondary N) is 3. The van der Waals surface area contributed by atoms with Crippen LogP contribution in [0.1, 0.15) is 28.9 Å². The van der Waals surface area contributed by atoms with Crippen molar-refractivity contribution in [3.8, 4) is 0 Å². The Morgan fingerprint density at radius 3 is 2.76 bits per heavy atom. The molecule has 8 heteroatoms. The van der Waals surface area contributed by atoms with Crippen LogP contribution < -0.4 is 10.6 Å². The Kier molecular flexibility index (Phi) is 4.44. The van der Waals surface area contributed by atoms with Crippen molar-refractivity contribution in [2.45, 2.75) is 13.0 Å². The average Bonchev–Trinajstić information content (AvgIpc) is 2.94. The quantitative estimate of drug-likeness (QED) is 0.696. The Labute approximate surface area is 125 Å². The van der Waals surface area contributed by atoms with Crippen LogP contribution in [0.25, 0.3) is 0 Å². The third kappa shape index (κ3) is 3.73. The molecule has 0 saturated heterocycles. The topological polar surface area (TPSA) is 107 Å². The monoisotopic (exact) mass is 308 g/mol. The number of carboxylic acids is 1. The number of rotatable bonds is 4. The largest absolute Gasteiger partial charge is 0.478 e. The molecule has 0 fully saturated rings. The number of hydrogen-bond acceptors (Lipinski definition) is 3. The minimum Gasteiger partial charge on any atom is -0.478 e. The van der Waals surface area contributed by atoms with E-state index in [1.54, 1.807) is 19.3 Å². The number of H-pyrrole nitrogens is 1. The van der Waals surface area contributed by atoms with Crippen LogP contribution in [0.4, 0.5) is 10.5 Å². The molecule has 1 aromatic carbocycles. The fraction of sp³-hybridized carbons (Fsp3) is 0.154. The van der Waals surface area contributed by atoms with Gasteiger partial charge in [0.25, 0.3) is 0 Å². The highest BCUT2D eigenvalue weighted by atomic mass is 35.5. The Bertz CT molecular complexity index is 657. The van der Waals surface area contributed by atoms with Gasteiger partial charge in [0.05, 0.1) is 28.5 Å². The van der Waals surface area contributed by atoms with E-state index in [2.05, 4.69) is 20.8 Å². The molecule has 0 saturated carbocycles. The van der Waals surface area contributed by atoms with Gasteiger partial charge in [-0.05, 0) is 25.1 Å². The molecule has 0 aliphatic heterocycles. The van der Waals surface area contributed by atoms with E-state index in [9.17, 15) is 9.59 Å². The first-order valence-electron chi connectivity index (χ1n) is 6.06. The summed E-state index contributed by atoms with van der Waals surface area (Å²) < 4.78 is 0. The number of nitrogens with zero attached hydrogens (tertiary/aromatic N) is 1. The van der Waals surface area contributed by atoms with Crippen LogP contribution in [0.3, 0.4) is 0 Å². The lowest BCUT2D eigenvalue weighted by Crippen LogP contribution is -2.31. The molecule has 110 valence electrons. The number of aromatic amines is 1. The highest BCUT2D eigenvalue weighted by molar-refractivity contribution is 6.34. The van der Waals surface area contributed by atoms with E-state index in [1.807, 2.05) is 0 Å². The lowest BCUT2D eigenvalue weighted by Gasteiger charge is -2.14. The van der Waals surface area contributed by atoms with Crippen LogP contribution in [0.2, 0.25) is 5.02 Å². The van der Waals surface area contributed by atoms with Crippen LogP contribution in [0.15, 0.2) is 30.6 Å². The third-order valence-electron chi connectivity index (χ3n) is 2.83. The molecule has 1 atom stereocenters. The Morgan fingerprint density at radius 2 is 2.19 bits per heavy atom. The summed E-state index contributed by atoms with van der Waals surface area (Å²) in [6.07, 6.45) is 3.29. The SMILES string of the molecule is CC(NC(=O)Nc1ccc(C(=O)O)cc1Cl)c1cn[nH]c1. The van der Waals surface area contributed by atoms with Gasteiger partial charge >= 0.3 is 12.0 Å². The van der Waals surface area contributed by atoms with Crippen molar-refractivity contribution < 1.29 is 14.7 Å². The van der Waals surface area contributed by atoms with E-state index in [1.165, 1.54) is 18.2 Å². The first-order chi connectivity index (χ1) is 9.97. The summed E-state index contributed by atoms with van der Waals surface area (Å²) >= 11 is 5.93. The molecular weight excluding hydrogens is 296 g/mol. The first-order valence-corrected chi connectivity index (χ1v) is 6.44. The summed E-state index contributed by atoms with van der Waals surface area (Å²) in [7, 11) is 0. The summed E-state index contributed by atoms with van der Waals surface area (Å²) in [5, 5.41) is 20.7. The first kappa shape index (κ1) is 14.9. The zero-order valence-electron chi connectivity index (χ0n) is 11.1. The minimum absolute atomic E-state index is 0.0534. The Hall–Kier alpha value is -2.54. The van der Waals surface area contributed by atoms with Gasteiger partial charge < -0.3 is 15.7 Å². The maximum atomic E-state index is 11.9. The van der Waals surface area contributed by atoms with Crippen molar-refractivity contribution in [3.05, 3.63) is 46.7 Å². The number of urea groups is 1. The molecule has 0 radical (unpaired) electrons. The Balaban J connectivity index is 2.01. The number of halogens is 1. The molecule has 0 bridgehead atoms. The van der Waals surface area contributed by atoms with Crippen molar-refractivity contribution in [2.24, 2.45) is 0 Å². The standard InChI is InChI=1S/C13H13ClN4O3/c1-7(9-5-15-16-6-9)17-13(21)18-11-3-2-8(12(19)20)4-10(11)14/h2-7H,1H3,(H,15,16)(H,19,20)(H2,17,18,21). The van der Waals surface area contributed by atoms with E-state index in [4.69, 9.17) is 16.7 Å². The third-order valence-corrected chi connectivity index (χ3v) is 3.14. The molecule has 4 N–H and O–H groups in total. The van der Waals surface area contributed by atoms with Gasteiger partial charge in [-0.3, -0.25) is 5.10 Å². The van der Waals surface area contributed by atoms with Gasteiger partial charge in [0.1, 0.15) is 0 Å². The average molecular weight is 309 g/mol. The highest BCUT2D eigenvalue weighted by Crippen LogP contribution is 2.23. The summed E-state index contributed by atoms with van der Waals surface area (Å²) in [4.78, 5) is 22.7. The van der Waals surface area contributed by atoms with E-state index < -0.39 is 12.0 Å². The zero-order chi connectivity index (χ0) is 15.4. The van der Waals surface area contributed by atoms with Gasteiger partial charge in [0, 0.05) is 11.8 Å². The van der Waals surface area contributed by atoms with Gasteiger partial charge in [-0.2, -0.15) is 5.10 Å². The molecule has 2 amide bonds. The normalized spacial score (nSPS) is 11.7. The second-order valence-corrected chi connectivity index (χ2v) is 4.76. The summed E-state index contributed by atoms with van der Waals surface area (Å²) in [6, 6.07) is 3.39. The van der Waals surface area contributed by atoms with E-state index >= 15 is 0 Å². The van der Waals surface area contributed by atoms with Crippen molar-refractivity contribution in [1.29, 1.82) is 0 Å². The molecule has 2 aromatic rings. The van der Waals surface area contributed by atoms with Gasteiger partial charge in [-0.1, -0.05) is 11.6 Å². The molecular formula is C13H13ClN4O3. The summed E-state index contributed by atoms with van der Waals surface area (Å²) in [5.41, 5.74) is 1.22. The Morgan fingerprint density at radius 1 is 1.43 bits per heavy atom. The molecule has 7 nitrogen and oxygen atoms in total. The minimum atomic E-state index is -1.08. The highest BCUT2D eigenvalue weighted by Gasteiger charge is 2.13.